The predicted octanol–water partition coefficient (Wildman–Crippen LogP) is 2.79. The maximum Gasteiger partial charge on any atom is 0.0292 e. The van der Waals surface area contributed by atoms with Gasteiger partial charge in [0.05, 0.1) is 0 Å². The average Bonchev–Trinajstić information content (AvgIpc) is 2.74. The molecule has 1 nitrogen and oxygen atoms in total. The summed E-state index contributed by atoms with van der Waals surface area (Å²) in [6, 6.07) is 0. The first-order valence-electron chi connectivity index (χ1n) is 5.61. The van der Waals surface area contributed by atoms with E-state index in [1.807, 2.05) is 0 Å². The largest absolute Gasteiger partial charge is 0.316 e. The van der Waals surface area contributed by atoms with Crippen LogP contribution in [0, 0.1) is 11.3 Å². The summed E-state index contributed by atoms with van der Waals surface area (Å²) in [4.78, 5) is 0. The smallest absolute Gasteiger partial charge is 0.0292 e. The van der Waals surface area contributed by atoms with Crippen LogP contribution in [0.15, 0.2) is 0 Å². The Labute approximate surface area is 86.2 Å². The maximum absolute atomic E-state index is 5.91. The minimum atomic E-state index is 0.500. The van der Waals surface area contributed by atoms with Crippen LogP contribution >= 0.6 is 11.6 Å². The van der Waals surface area contributed by atoms with E-state index in [9.17, 15) is 0 Å². The Hall–Kier alpha value is 0.250. The number of nitrogens with one attached hydrogen (secondary N) is 1. The minimum Gasteiger partial charge on any atom is -0.316 e. The van der Waals surface area contributed by atoms with Gasteiger partial charge in [-0.15, -0.1) is 11.6 Å². The molecule has 2 heteroatoms. The molecule has 2 rings (SSSR count). The van der Waals surface area contributed by atoms with Gasteiger partial charge >= 0.3 is 0 Å². The molecule has 0 aromatic carbocycles. The van der Waals surface area contributed by atoms with Gasteiger partial charge in [0.1, 0.15) is 0 Å². The van der Waals surface area contributed by atoms with Crippen molar-refractivity contribution in [3.63, 3.8) is 0 Å². The van der Waals surface area contributed by atoms with Crippen LogP contribution in [-0.4, -0.2) is 19.0 Å². The first kappa shape index (κ1) is 9.79. The predicted molar refractivity (Wildman–Crippen MR) is 57.2 cm³/mol. The summed E-state index contributed by atoms with van der Waals surface area (Å²) in [6.07, 6.45) is 8.48. The van der Waals surface area contributed by atoms with Gasteiger partial charge in [0.25, 0.3) is 0 Å². The molecular formula is C11H20ClN. The van der Waals surface area contributed by atoms with E-state index in [-0.39, 0.29) is 0 Å². The van der Waals surface area contributed by atoms with Gasteiger partial charge in [-0.1, -0.05) is 12.8 Å². The molecule has 0 unspecified atom stereocenters. The molecule has 0 aromatic heterocycles. The van der Waals surface area contributed by atoms with Crippen LogP contribution in [0.2, 0.25) is 0 Å². The normalized spacial score (nSPS) is 26.5. The highest BCUT2D eigenvalue weighted by Gasteiger charge is 2.41. The third-order valence-electron chi connectivity index (χ3n) is 3.65. The molecule has 1 N–H and O–H groups in total. The van der Waals surface area contributed by atoms with Crippen LogP contribution in [0.3, 0.4) is 0 Å². The molecule has 0 amide bonds. The molecule has 0 heterocycles. The average molecular weight is 202 g/mol. The van der Waals surface area contributed by atoms with Gasteiger partial charge in [-0.05, 0) is 43.6 Å². The number of halogens is 1. The van der Waals surface area contributed by atoms with Crippen LogP contribution in [0.1, 0.15) is 38.5 Å². The summed E-state index contributed by atoms with van der Waals surface area (Å²) in [5.74, 6) is 1.82. The van der Waals surface area contributed by atoms with E-state index in [1.54, 1.807) is 0 Å². The fourth-order valence-corrected chi connectivity index (χ4v) is 2.65. The molecule has 2 saturated carbocycles. The van der Waals surface area contributed by atoms with Crippen molar-refractivity contribution in [2.24, 2.45) is 11.3 Å². The van der Waals surface area contributed by atoms with E-state index in [0.717, 1.165) is 18.3 Å². The van der Waals surface area contributed by atoms with Crippen molar-refractivity contribution in [3.8, 4) is 0 Å². The Morgan fingerprint density at radius 2 is 1.92 bits per heavy atom. The number of rotatable bonds is 5. The zero-order chi connectivity index (χ0) is 9.15. The van der Waals surface area contributed by atoms with Gasteiger partial charge in [0, 0.05) is 12.4 Å². The summed E-state index contributed by atoms with van der Waals surface area (Å²) < 4.78 is 0. The maximum atomic E-state index is 5.91. The number of hydrogen-bond donors (Lipinski definition) is 1. The molecule has 0 saturated heterocycles. The quantitative estimate of drug-likeness (QED) is 0.675. The van der Waals surface area contributed by atoms with Crippen LogP contribution < -0.4 is 5.32 Å². The van der Waals surface area contributed by atoms with E-state index in [2.05, 4.69) is 5.32 Å². The molecule has 2 aliphatic rings. The SMILES string of the molecule is ClCC1(CNCC2CCCC2)CC1. The lowest BCUT2D eigenvalue weighted by Gasteiger charge is -2.15. The fourth-order valence-electron chi connectivity index (χ4n) is 2.29. The van der Waals surface area contributed by atoms with E-state index in [0.29, 0.717) is 5.41 Å². The molecule has 0 aromatic rings. The first-order valence-corrected chi connectivity index (χ1v) is 6.15. The van der Waals surface area contributed by atoms with Crippen LogP contribution in [0.5, 0.6) is 0 Å². The zero-order valence-electron chi connectivity index (χ0n) is 8.32. The van der Waals surface area contributed by atoms with Gasteiger partial charge in [-0.2, -0.15) is 0 Å². The van der Waals surface area contributed by atoms with Crippen molar-refractivity contribution in [2.75, 3.05) is 19.0 Å². The van der Waals surface area contributed by atoms with Crippen molar-refractivity contribution < 1.29 is 0 Å². The highest BCUT2D eigenvalue weighted by Crippen LogP contribution is 2.45. The summed E-state index contributed by atoms with van der Waals surface area (Å²) >= 11 is 5.91. The Morgan fingerprint density at radius 1 is 1.23 bits per heavy atom. The summed E-state index contributed by atoms with van der Waals surface area (Å²) in [7, 11) is 0. The lowest BCUT2D eigenvalue weighted by atomic mass is 10.1. The third kappa shape index (κ3) is 2.60. The first-order chi connectivity index (χ1) is 6.35. The third-order valence-corrected chi connectivity index (χ3v) is 4.22. The highest BCUT2D eigenvalue weighted by molar-refractivity contribution is 6.18. The van der Waals surface area contributed by atoms with Gasteiger partial charge in [-0.3, -0.25) is 0 Å². The summed E-state index contributed by atoms with van der Waals surface area (Å²) in [5.41, 5.74) is 0.500. The van der Waals surface area contributed by atoms with E-state index < -0.39 is 0 Å². The lowest BCUT2D eigenvalue weighted by molar-refractivity contribution is 0.438. The molecular weight excluding hydrogens is 182 g/mol. The van der Waals surface area contributed by atoms with Gasteiger partial charge < -0.3 is 5.32 Å². The molecule has 0 spiro atoms. The lowest BCUT2D eigenvalue weighted by Crippen LogP contribution is -2.29. The molecule has 0 aliphatic heterocycles. The zero-order valence-corrected chi connectivity index (χ0v) is 9.08. The Bertz CT molecular complexity index is 159. The highest BCUT2D eigenvalue weighted by atomic mass is 35.5. The second kappa shape index (κ2) is 4.18. The molecule has 0 radical (unpaired) electrons. The van der Waals surface area contributed by atoms with Gasteiger partial charge in [0.2, 0.25) is 0 Å². The second-order valence-electron chi connectivity index (χ2n) is 4.92. The molecule has 2 fully saturated rings. The van der Waals surface area contributed by atoms with Crippen molar-refractivity contribution in [1.82, 2.24) is 5.32 Å². The molecule has 0 bridgehead atoms. The summed E-state index contributed by atoms with van der Waals surface area (Å²) in [5, 5.41) is 3.60. The van der Waals surface area contributed by atoms with Crippen molar-refractivity contribution in [3.05, 3.63) is 0 Å². The van der Waals surface area contributed by atoms with Gasteiger partial charge in [0.15, 0.2) is 0 Å². The van der Waals surface area contributed by atoms with Crippen molar-refractivity contribution in [2.45, 2.75) is 38.5 Å². The van der Waals surface area contributed by atoms with E-state index in [1.165, 1.54) is 45.1 Å². The van der Waals surface area contributed by atoms with E-state index >= 15 is 0 Å². The standard InChI is InChI=1S/C11H20ClN/c12-8-11(5-6-11)9-13-7-10-3-1-2-4-10/h10,13H,1-9H2. The van der Waals surface area contributed by atoms with E-state index in [4.69, 9.17) is 11.6 Å². The fraction of sp³-hybridized carbons (Fsp3) is 1.00. The number of hydrogen-bond acceptors (Lipinski definition) is 1. The molecule has 2 aliphatic carbocycles. The van der Waals surface area contributed by atoms with Crippen LogP contribution in [-0.2, 0) is 0 Å². The van der Waals surface area contributed by atoms with Crippen LogP contribution in [0.4, 0.5) is 0 Å². The minimum absolute atomic E-state index is 0.500. The van der Waals surface area contributed by atoms with Crippen LogP contribution in [0.25, 0.3) is 0 Å². The molecule has 13 heavy (non-hydrogen) atoms. The van der Waals surface area contributed by atoms with Crippen molar-refractivity contribution in [1.29, 1.82) is 0 Å². The Balaban J connectivity index is 1.58. The molecule has 0 atom stereocenters. The second-order valence-corrected chi connectivity index (χ2v) is 5.18. The Kier molecular flexibility index (Phi) is 3.15. The topological polar surface area (TPSA) is 12.0 Å². The molecule has 76 valence electrons. The summed E-state index contributed by atoms with van der Waals surface area (Å²) in [6.45, 7) is 2.39. The van der Waals surface area contributed by atoms with Crippen molar-refractivity contribution >= 4 is 11.6 Å². The van der Waals surface area contributed by atoms with Gasteiger partial charge in [-0.25, -0.2) is 0 Å². The Morgan fingerprint density at radius 3 is 2.46 bits per heavy atom. The monoisotopic (exact) mass is 201 g/mol. The number of alkyl halides is 1.